The van der Waals surface area contributed by atoms with Gasteiger partial charge in [0, 0.05) is 0 Å². The average Bonchev–Trinajstić information content (AvgIpc) is 2.05. The van der Waals surface area contributed by atoms with Crippen LogP contribution in [0.15, 0.2) is 0 Å². The van der Waals surface area contributed by atoms with Crippen molar-refractivity contribution in [1.82, 2.24) is 5.32 Å². The van der Waals surface area contributed by atoms with Crippen LogP contribution in [-0.4, -0.2) is 19.6 Å². The summed E-state index contributed by atoms with van der Waals surface area (Å²) in [6.07, 6.45) is 5.57. The van der Waals surface area contributed by atoms with E-state index >= 15 is 0 Å². The molecule has 0 radical (unpaired) electrons. The van der Waals surface area contributed by atoms with Crippen LogP contribution in [0.4, 0.5) is 0 Å². The van der Waals surface area contributed by atoms with E-state index in [1.54, 1.807) is 0 Å². The first-order valence-corrected chi connectivity index (χ1v) is 4.78. The maximum Gasteiger partial charge on any atom is -0.00435 e. The molecule has 1 aliphatic heterocycles. The molecular weight excluding hydrogens is 136 g/mol. The summed E-state index contributed by atoms with van der Waals surface area (Å²) in [6.45, 7) is 3.35. The van der Waals surface area contributed by atoms with Gasteiger partial charge in [0.2, 0.25) is 0 Å². The monoisotopic (exact) mass is 154 g/mol. The Balaban J connectivity index is 1.97. The molecule has 2 heteroatoms. The standard InChI is InChI=1S/C9H18N2/c10-7-8-1-2-9(8)3-5-11-6-4-9/h8,11H,1-7,10H2. The Morgan fingerprint density at radius 1 is 1.27 bits per heavy atom. The van der Waals surface area contributed by atoms with Gasteiger partial charge in [-0.05, 0) is 56.7 Å². The molecule has 1 aliphatic carbocycles. The number of hydrogen-bond acceptors (Lipinski definition) is 2. The number of nitrogens with one attached hydrogen (secondary N) is 1. The highest BCUT2D eigenvalue weighted by atomic mass is 14.9. The van der Waals surface area contributed by atoms with E-state index in [4.69, 9.17) is 5.73 Å². The van der Waals surface area contributed by atoms with Gasteiger partial charge in [-0.25, -0.2) is 0 Å². The summed E-state index contributed by atoms with van der Waals surface area (Å²) < 4.78 is 0. The van der Waals surface area contributed by atoms with E-state index in [0.717, 1.165) is 12.5 Å². The third-order valence-corrected chi connectivity index (χ3v) is 3.74. The zero-order valence-corrected chi connectivity index (χ0v) is 7.10. The molecule has 64 valence electrons. The second kappa shape index (κ2) is 2.76. The van der Waals surface area contributed by atoms with Gasteiger partial charge in [-0.15, -0.1) is 0 Å². The van der Waals surface area contributed by atoms with Gasteiger partial charge in [0.1, 0.15) is 0 Å². The summed E-state index contributed by atoms with van der Waals surface area (Å²) in [6, 6.07) is 0. The van der Waals surface area contributed by atoms with Gasteiger partial charge in [0.05, 0.1) is 0 Å². The minimum Gasteiger partial charge on any atom is -0.330 e. The van der Waals surface area contributed by atoms with Crippen molar-refractivity contribution in [3.8, 4) is 0 Å². The third-order valence-electron chi connectivity index (χ3n) is 3.74. The molecule has 1 saturated carbocycles. The lowest BCUT2D eigenvalue weighted by Gasteiger charge is -2.52. The average molecular weight is 154 g/mol. The van der Waals surface area contributed by atoms with Crippen molar-refractivity contribution in [1.29, 1.82) is 0 Å². The van der Waals surface area contributed by atoms with Crippen molar-refractivity contribution in [2.24, 2.45) is 17.1 Å². The zero-order chi connectivity index (χ0) is 7.73. The molecule has 1 heterocycles. The molecule has 0 bridgehead atoms. The van der Waals surface area contributed by atoms with Crippen molar-refractivity contribution in [2.75, 3.05) is 19.6 Å². The lowest BCUT2D eigenvalue weighted by atomic mass is 9.56. The molecule has 1 saturated heterocycles. The molecule has 0 amide bonds. The summed E-state index contributed by atoms with van der Waals surface area (Å²) in [5.74, 6) is 0.851. The Labute approximate surface area is 68.5 Å². The van der Waals surface area contributed by atoms with E-state index < -0.39 is 0 Å². The largest absolute Gasteiger partial charge is 0.330 e. The van der Waals surface area contributed by atoms with E-state index in [-0.39, 0.29) is 0 Å². The second-order valence-electron chi connectivity index (χ2n) is 4.08. The quantitative estimate of drug-likeness (QED) is 0.584. The van der Waals surface area contributed by atoms with E-state index in [2.05, 4.69) is 5.32 Å². The van der Waals surface area contributed by atoms with Crippen molar-refractivity contribution in [3.63, 3.8) is 0 Å². The van der Waals surface area contributed by atoms with Gasteiger partial charge in [0.25, 0.3) is 0 Å². The normalized spacial score (nSPS) is 35.2. The topological polar surface area (TPSA) is 38.0 Å². The van der Waals surface area contributed by atoms with Crippen LogP contribution in [-0.2, 0) is 0 Å². The predicted octanol–water partition coefficient (Wildman–Crippen LogP) is 0.725. The Hall–Kier alpha value is -0.0800. The van der Waals surface area contributed by atoms with Crippen molar-refractivity contribution in [3.05, 3.63) is 0 Å². The van der Waals surface area contributed by atoms with Crippen LogP contribution in [0.2, 0.25) is 0 Å². The summed E-state index contributed by atoms with van der Waals surface area (Å²) in [5.41, 5.74) is 6.40. The van der Waals surface area contributed by atoms with E-state index in [1.165, 1.54) is 38.8 Å². The summed E-state index contributed by atoms with van der Waals surface area (Å²) in [5, 5.41) is 3.41. The number of nitrogens with two attached hydrogens (primary N) is 1. The fourth-order valence-corrected chi connectivity index (χ4v) is 2.71. The SMILES string of the molecule is NCC1CCC12CCNCC2. The Morgan fingerprint density at radius 3 is 2.45 bits per heavy atom. The fraction of sp³-hybridized carbons (Fsp3) is 1.00. The smallest absolute Gasteiger partial charge is 0.00435 e. The van der Waals surface area contributed by atoms with Crippen molar-refractivity contribution in [2.45, 2.75) is 25.7 Å². The molecule has 2 nitrogen and oxygen atoms in total. The molecule has 0 aromatic carbocycles. The van der Waals surface area contributed by atoms with Crippen molar-refractivity contribution >= 4 is 0 Å². The number of rotatable bonds is 1. The Kier molecular flexibility index (Phi) is 1.90. The van der Waals surface area contributed by atoms with E-state index in [1.807, 2.05) is 0 Å². The van der Waals surface area contributed by atoms with Crippen LogP contribution in [0.3, 0.4) is 0 Å². The van der Waals surface area contributed by atoms with E-state index in [0.29, 0.717) is 5.41 Å². The first-order chi connectivity index (χ1) is 5.37. The van der Waals surface area contributed by atoms with Crippen LogP contribution in [0, 0.1) is 11.3 Å². The van der Waals surface area contributed by atoms with Crippen LogP contribution in [0.5, 0.6) is 0 Å². The highest BCUT2D eigenvalue weighted by Crippen LogP contribution is 2.51. The minimum absolute atomic E-state index is 0.681. The molecule has 2 rings (SSSR count). The lowest BCUT2D eigenvalue weighted by Crippen LogP contribution is -2.50. The summed E-state index contributed by atoms with van der Waals surface area (Å²) in [4.78, 5) is 0. The number of piperidine rings is 1. The summed E-state index contributed by atoms with van der Waals surface area (Å²) in [7, 11) is 0. The van der Waals surface area contributed by atoms with Gasteiger partial charge in [-0.2, -0.15) is 0 Å². The van der Waals surface area contributed by atoms with Crippen LogP contribution in [0.25, 0.3) is 0 Å². The predicted molar refractivity (Wildman–Crippen MR) is 46.3 cm³/mol. The van der Waals surface area contributed by atoms with Crippen LogP contribution >= 0.6 is 0 Å². The third kappa shape index (κ3) is 1.09. The van der Waals surface area contributed by atoms with Crippen molar-refractivity contribution < 1.29 is 0 Å². The molecule has 2 aliphatic rings. The van der Waals surface area contributed by atoms with Gasteiger partial charge in [-0.3, -0.25) is 0 Å². The fourth-order valence-electron chi connectivity index (χ4n) is 2.71. The van der Waals surface area contributed by atoms with Gasteiger partial charge in [0.15, 0.2) is 0 Å². The molecule has 1 spiro atoms. The molecule has 0 aromatic rings. The highest BCUT2D eigenvalue weighted by Gasteiger charge is 2.45. The first-order valence-electron chi connectivity index (χ1n) is 4.78. The maximum absolute atomic E-state index is 5.72. The molecule has 11 heavy (non-hydrogen) atoms. The Bertz CT molecular complexity index is 136. The highest BCUT2D eigenvalue weighted by molar-refractivity contribution is 4.98. The molecule has 3 N–H and O–H groups in total. The van der Waals surface area contributed by atoms with Gasteiger partial charge < -0.3 is 11.1 Å². The molecule has 1 atom stereocenters. The van der Waals surface area contributed by atoms with Gasteiger partial charge in [-0.1, -0.05) is 0 Å². The second-order valence-corrected chi connectivity index (χ2v) is 4.08. The lowest BCUT2D eigenvalue weighted by molar-refractivity contribution is 0.00378. The Morgan fingerprint density at radius 2 is 2.00 bits per heavy atom. The van der Waals surface area contributed by atoms with E-state index in [9.17, 15) is 0 Å². The van der Waals surface area contributed by atoms with Gasteiger partial charge >= 0.3 is 0 Å². The maximum atomic E-state index is 5.72. The summed E-state index contributed by atoms with van der Waals surface area (Å²) >= 11 is 0. The minimum atomic E-state index is 0.681. The molecule has 0 aromatic heterocycles. The van der Waals surface area contributed by atoms with Crippen LogP contribution in [0.1, 0.15) is 25.7 Å². The molecule has 2 fully saturated rings. The van der Waals surface area contributed by atoms with Crippen LogP contribution < -0.4 is 11.1 Å². The molecular formula is C9H18N2. The molecule has 1 unspecified atom stereocenters. The first kappa shape index (κ1) is 7.56. The zero-order valence-electron chi connectivity index (χ0n) is 7.10. The number of hydrogen-bond donors (Lipinski definition) is 2.